The number of nitrogens with one attached hydrogen (secondary N) is 1. The second kappa shape index (κ2) is 6.91. The third-order valence-corrected chi connectivity index (χ3v) is 6.31. The second-order valence-electron chi connectivity index (χ2n) is 6.64. The Morgan fingerprint density at radius 2 is 2.00 bits per heavy atom. The average Bonchev–Trinajstić information content (AvgIpc) is 3.19. The first-order valence-electron chi connectivity index (χ1n) is 8.52. The van der Waals surface area contributed by atoms with E-state index >= 15 is 0 Å². The van der Waals surface area contributed by atoms with Crippen LogP contribution in [0, 0.1) is 5.92 Å². The summed E-state index contributed by atoms with van der Waals surface area (Å²) in [6.07, 6.45) is 4.13. The predicted molar refractivity (Wildman–Crippen MR) is 97.8 cm³/mol. The summed E-state index contributed by atoms with van der Waals surface area (Å²) >= 11 is 0. The van der Waals surface area contributed by atoms with E-state index in [4.69, 9.17) is 9.15 Å². The van der Waals surface area contributed by atoms with Gasteiger partial charge in [-0.05, 0) is 42.3 Å². The SMILES string of the molecule is Cn1c(=O)oc2ccc(S(=O)(=O)N[C@@H]3COC[C@H]3Cc3ccncc3)cc21. The maximum Gasteiger partial charge on any atom is 0.419 e. The van der Waals surface area contributed by atoms with Crippen molar-refractivity contribution in [3.63, 3.8) is 0 Å². The molecule has 142 valence electrons. The lowest BCUT2D eigenvalue weighted by Gasteiger charge is -2.19. The van der Waals surface area contributed by atoms with Crippen LogP contribution in [0.2, 0.25) is 0 Å². The molecule has 3 aromatic rings. The summed E-state index contributed by atoms with van der Waals surface area (Å²) in [5.41, 5.74) is 1.86. The number of ether oxygens (including phenoxy) is 1. The highest BCUT2D eigenvalue weighted by Crippen LogP contribution is 2.23. The molecular formula is C18H19N3O5S. The number of benzene rings is 1. The van der Waals surface area contributed by atoms with Gasteiger partial charge in [0.1, 0.15) is 0 Å². The molecule has 1 aliphatic rings. The molecule has 0 bridgehead atoms. The Bertz CT molecular complexity index is 1120. The van der Waals surface area contributed by atoms with E-state index in [0.29, 0.717) is 30.7 Å². The molecule has 0 aliphatic carbocycles. The minimum absolute atomic E-state index is 0.0317. The minimum Gasteiger partial charge on any atom is -0.408 e. The van der Waals surface area contributed by atoms with E-state index in [1.807, 2.05) is 12.1 Å². The Morgan fingerprint density at radius 1 is 1.22 bits per heavy atom. The van der Waals surface area contributed by atoms with Gasteiger partial charge in [-0.3, -0.25) is 9.55 Å². The van der Waals surface area contributed by atoms with E-state index in [1.54, 1.807) is 12.4 Å². The molecule has 1 aliphatic heterocycles. The van der Waals surface area contributed by atoms with Gasteiger partial charge in [0.05, 0.1) is 29.7 Å². The van der Waals surface area contributed by atoms with E-state index in [1.165, 1.54) is 29.8 Å². The predicted octanol–water partition coefficient (Wildman–Crippen LogP) is 1.06. The number of aromatic nitrogens is 2. The van der Waals surface area contributed by atoms with Gasteiger partial charge in [0.2, 0.25) is 10.0 Å². The van der Waals surface area contributed by atoms with Crippen LogP contribution in [0.1, 0.15) is 5.56 Å². The number of pyridine rings is 1. The number of aryl methyl sites for hydroxylation is 1. The summed E-state index contributed by atoms with van der Waals surface area (Å²) in [5.74, 6) is -0.502. The minimum atomic E-state index is -3.77. The van der Waals surface area contributed by atoms with Gasteiger partial charge < -0.3 is 9.15 Å². The van der Waals surface area contributed by atoms with Crippen molar-refractivity contribution in [1.82, 2.24) is 14.3 Å². The highest BCUT2D eigenvalue weighted by molar-refractivity contribution is 7.89. The van der Waals surface area contributed by atoms with Crippen LogP contribution >= 0.6 is 0 Å². The average molecular weight is 389 g/mol. The van der Waals surface area contributed by atoms with E-state index < -0.39 is 15.8 Å². The normalized spacial score (nSPS) is 20.3. The van der Waals surface area contributed by atoms with Crippen molar-refractivity contribution < 1.29 is 17.6 Å². The Balaban J connectivity index is 1.57. The van der Waals surface area contributed by atoms with Crippen molar-refractivity contribution in [1.29, 1.82) is 0 Å². The van der Waals surface area contributed by atoms with Crippen molar-refractivity contribution in [2.45, 2.75) is 17.4 Å². The fraction of sp³-hybridized carbons (Fsp3) is 0.333. The van der Waals surface area contributed by atoms with E-state index in [2.05, 4.69) is 9.71 Å². The lowest BCUT2D eigenvalue weighted by atomic mass is 9.96. The molecule has 1 fully saturated rings. The number of oxazole rings is 1. The monoisotopic (exact) mass is 389 g/mol. The Morgan fingerprint density at radius 3 is 2.78 bits per heavy atom. The van der Waals surface area contributed by atoms with Crippen molar-refractivity contribution in [3.8, 4) is 0 Å². The van der Waals surface area contributed by atoms with Crippen molar-refractivity contribution in [2.75, 3.05) is 13.2 Å². The summed E-state index contributed by atoms with van der Waals surface area (Å²) in [7, 11) is -2.23. The first kappa shape index (κ1) is 17.9. The molecule has 0 spiro atoms. The fourth-order valence-electron chi connectivity index (χ4n) is 3.29. The van der Waals surface area contributed by atoms with Gasteiger partial charge in [-0.2, -0.15) is 0 Å². The van der Waals surface area contributed by atoms with Crippen LogP contribution in [0.5, 0.6) is 0 Å². The summed E-state index contributed by atoms with van der Waals surface area (Å²) in [5, 5.41) is 0. The number of rotatable bonds is 5. The lowest BCUT2D eigenvalue weighted by molar-refractivity contribution is 0.183. The molecule has 2 atom stereocenters. The molecule has 1 saturated heterocycles. The zero-order valence-electron chi connectivity index (χ0n) is 14.7. The molecule has 0 saturated carbocycles. The Hall–Kier alpha value is -2.49. The Labute approximate surface area is 155 Å². The molecule has 1 N–H and O–H groups in total. The number of fused-ring (bicyclic) bond motifs is 1. The van der Waals surface area contributed by atoms with Crippen LogP contribution in [0.3, 0.4) is 0 Å². The zero-order chi connectivity index (χ0) is 19.0. The van der Waals surface area contributed by atoms with Gasteiger partial charge in [-0.1, -0.05) is 0 Å². The van der Waals surface area contributed by atoms with Gasteiger partial charge in [0.15, 0.2) is 5.58 Å². The third-order valence-electron chi connectivity index (χ3n) is 4.83. The maximum atomic E-state index is 12.9. The van der Waals surface area contributed by atoms with Crippen molar-refractivity contribution in [3.05, 3.63) is 58.8 Å². The van der Waals surface area contributed by atoms with Crippen molar-refractivity contribution in [2.24, 2.45) is 13.0 Å². The molecule has 27 heavy (non-hydrogen) atoms. The fourth-order valence-corrected chi connectivity index (χ4v) is 4.60. The van der Waals surface area contributed by atoms with Crippen LogP contribution in [0.15, 0.2) is 56.8 Å². The maximum absolute atomic E-state index is 12.9. The number of sulfonamides is 1. The molecule has 0 unspecified atom stereocenters. The first-order chi connectivity index (χ1) is 12.9. The zero-order valence-corrected chi connectivity index (χ0v) is 15.5. The van der Waals surface area contributed by atoms with Gasteiger partial charge in [-0.25, -0.2) is 17.9 Å². The van der Waals surface area contributed by atoms with Crippen LogP contribution in [-0.4, -0.2) is 37.2 Å². The highest BCUT2D eigenvalue weighted by Gasteiger charge is 2.32. The van der Waals surface area contributed by atoms with E-state index in [9.17, 15) is 13.2 Å². The molecule has 3 heterocycles. The summed E-state index contributed by atoms with van der Waals surface area (Å²) in [6.45, 7) is 0.812. The molecule has 0 radical (unpaired) electrons. The number of hydrogen-bond acceptors (Lipinski definition) is 6. The van der Waals surface area contributed by atoms with Gasteiger partial charge in [0.25, 0.3) is 0 Å². The smallest absolute Gasteiger partial charge is 0.408 e. The third kappa shape index (κ3) is 3.53. The number of nitrogens with zero attached hydrogens (tertiary/aromatic N) is 2. The summed E-state index contributed by atoms with van der Waals surface area (Å²) < 4.78 is 40.3. The molecule has 8 nitrogen and oxygen atoms in total. The highest BCUT2D eigenvalue weighted by atomic mass is 32.2. The van der Waals surface area contributed by atoms with Crippen LogP contribution < -0.4 is 10.5 Å². The van der Waals surface area contributed by atoms with Crippen LogP contribution in [0.25, 0.3) is 11.1 Å². The quantitative estimate of drug-likeness (QED) is 0.700. The summed E-state index contributed by atoms with van der Waals surface area (Å²) in [6, 6.07) is 7.86. The topological polar surface area (TPSA) is 103 Å². The Kier molecular flexibility index (Phi) is 4.58. The van der Waals surface area contributed by atoms with E-state index in [-0.39, 0.29) is 16.9 Å². The lowest BCUT2D eigenvalue weighted by Crippen LogP contribution is -2.40. The molecule has 4 rings (SSSR count). The van der Waals surface area contributed by atoms with Gasteiger partial charge >= 0.3 is 5.76 Å². The van der Waals surface area contributed by atoms with Crippen LogP contribution in [-0.2, 0) is 28.2 Å². The molecule has 1 aromatic carbocycles. The van der Waals surface area contributed by atoms with Gasteiger partial charge in [0, 0.05) is 25.4 Å². The first-order valence-corrected chi connectivity index (χ1v) is 10.0. The molecule has 2 aromatic heterocycles. The largest absolute Gasteiger partial charge is 0.419 e. The van der Waals surface area contributed by atoms with E-state index in [0.717, 1.165) is 5.56 Å². The molecule has 9 heteroatoms. The van der Waals surface area contributed by atoms with Crippen molar-refractivity contribution >= 4 is 21.1 Å². The second-order valence-corrected chi connectivity index (χ2v) is 8.36. The van der Waals surface area contributed by atoms with Gasteiger partial charge in [-0.15, -0.1) is 0 Å². The van der Waals surface area contributed by atoms with Crippen LogP contribution in [0.4, 0.5) is 0 Å². The summed E-state index contributed by atoms with van der Waals surface area (Å²) in [4.78, 5) is 15.7. The number of hydrogen-bond donors (Lipinski definition) is 1. The molecular weight excluding hydrogens is 370 g/mol. The standard InChI is InChI=1S/C18H19N3O5S/c1-21-16-9-14(2-3-17(16)26-18(21)22)27(23,24)20-15-11-25-10-13(15)8-12-4-6-19-7-5-12/h2-7,9,13,15,20H,8,10-11H2,1H3/t13-,15-/m1/s1. The molecule has 0 amide bonds.